The number of aromatic nitrogens is 2. The third-order valence-corrected chi connectivity index (χ3v) is 5.92. The number of hydrogen-bond acceptors (Lipinski definition) is 6. The highest BCUT2D eigenvalue weighted by atomic mass is 35.5. The van der Waals surface area contributed by atoms with E-state index in [1.165, 1.54) is 24.9 Å². The van der Waals surface area contributed by atoms with Gasteiger partial charge in [-0.15, -0.1) is 10.2 Å². The van der Waals surface area contributed by atoms with Crippen LogP contribution in [0.3, 0.4) is 0 Å². The Bertz CT molecular complexity index is 1040. The fourth-order valence-corrected chi connectivity index (χ4v) is 4.07. The van der Waals surface area contributed by atoms with Gasteiger partial charge in [-0.3, -0.25) is 0 Å². The Kier molecular flexibility index (Phi) is 6.40. The van der Waals surface area contributed by atoms with E-state index < -0.39 is 5.97 Å². The molecule has 3 aromatic rings. The van der Waals surface area contributed by atoms with Crippen molar-refractivity contribution in [1.29, 1.82) is 0 Å². The predicted octanol–water partition coefficient (Wildman–Crippen LogP) is 5.60. The van der Waals surface area contributed by atoms with Gasteiger partial charge in [0, 0.05) is 29.4 Å². The van der Waals surface area contributed by atoms with Crippen molar-refractivity contribution >= 4 is 41.1 Å². The molecule has 30 heavy (non-hydrogen) atoms. The van der Waals surface area contributed by atoms with Crippen LogP contribution in [0.5, 0.6) is 0 Å². The van der Waals surface area contributed by atoms with Crippen LogP contribution >= 0.6 is 23.4 Å². The van der Waals surface area contributed by atoms with Crippen LogP contribution < -0.4 is 4.90 Å². The number of piperidine rings is 1. The van der Waals surface area contributed by atoms with Crippen molar-refractivity contribution in [3.05, 3.63) is 64.0 Å². The van der Waals surface area contributed by atoms with Gasteiger partial charge in [-0.05, 0) is 79.1 Å². The van der Waals surface area contributed by atoms with Gasteiger partial charge in [0.2, 0.25) is 5.89 Å². The maximum Gasteiger partial charge on any atom is 0.342 e. The quantitative estimate of drug-likeness (QED) is 0.394. The Morgan fingerprint density at radius 1 is 1.03 bits per heavy atom. The van der Waals surface area contributed by atoms with Crippen LogP contribution in [0, 0.1) is 0 Å². The molecule has 0 radical (unpaired) electrons. The lowest BCUT2D eigenvalue weighted by molar-refractivity contribution is -0.131. The molecule has 2 heterocycles. The number of aliphatic carboxylic acids is 1. The number of carboxylic acid groups (broad SMARTS) is 1. The molecular formula is C22H20ClN3O3S. The van der Waals surface area contributed by atoms with Crippen LogP contribution in [-0.4, -0.2) is 34.4 Å². The lowest BCUT2D eigenvalue weighted by atomic mass is 10.1. The minimum Gasteiger partial charge on any atom is -0.477 e. The SMILES string of the molecule is O=C(O)/C(=C\c1ccc(N2CCCCC2)cc1)Sc1nnc(-c2ccc(Cl)cc2)o1. The average molecular weight is 442 g/mol. The van der Waals surface area contributed by atoms with Crippen LogP contribution in [0.4, 0.5) is 5.69 Å². The fourth-order valence-electron chi connectivity index (χ4n) is 3.27. The van der Waals surface area contributed by atoms with Gasteiger partial charge in [-0.25, -0.2) is 4.79 Å². The second-order valence-electron chi connectivity index (χ2n) is 6.94. The molecule has 6 nitrogen and oxygen atoms in total. The summed E-state index contributed by atoms with van der Waals surface area (Å²) < 4.78 is 5.61. The zero-order valence-corrected chi connectivity index (χ0v) is 17.7. The number of carboxylic acids is 1. The number of rotatable bonds is 6. The van der Waals surface area contributed by atoms with E-state index in [4.69, 9.17) is 16.0 Å². The van der Waals surface area contributed by atoms with Gasteiger partial charge in [0.05, 0.1) is 0 Å². The molecule has 0 spiro atoms. The monoisotopic (exact) mass is 441 g/mol. The van der Waals surface area contributed by atoms with E-state index in [1.54, 1.807) is 30.3 Å². The summed E-state index contributed by atoms with van der Waals surface area (Å²) in [5.41, 5.74) is 2.69. The van der Waals surface area contributed by atoms with Crippen molar-refractivity contribution in [2.75, 3.05) is 18.0 Å². The van der Waals surface area contributed by atoms with Crippen LogP contribution in [-0.2, 0) is 4.79 Å². The summed E-state index contributed by atoms with van der Waals surface area (Å²) >= 11 is 6.82. The lowest BCUT2D eigenvalue weighted by Crippen LogP contribution is -2.29. The summed E-state index contributed by atoms with van der Waals surface area (Å²) in [4.78, 5) is 14.2. The first-order chi connectivity index (χ1) is 14.6. The molecule has 4 rings (SSSR count). The molecule has 1 aromatic heterocycles. The summed E-state index contributed by atoms with van der Waals surface area (Å²) in [6, 6.07) is 14.9. The molecule has 0 saturated carbocycles. The van der Waals surface area contributed by atoms with E-state index >= 15 is 0 Å². The molecule has 1 aliphatic heterocycles. The molecule has 2 aromatic carbocycles. The number of benzene rings is 2. The van der Waals surface area contributed by atoms with Gasteiger partial charge in [0.15, 0.2) is 0 Å². The van der Waals surface area contributed by atoms with Gasteiger partial charge < -0.3 is 14.4 Å². The number of anilines is 1. The van der Waals surface area contributed by atoms with Crippen molar-refractivity contribution in [2.45, 2.75) is 24.5 Å². The van der Waals surface area contributed by atoms with Crippen LogP contribution in [0.15, 0.2) is 63.1 Å². The number of thioether (sulfide) groups is 1. The summed E-state index contributed by atoms with van der Waals surface area (Å²) in [6.07, 6.45) is 5.32. The van der Waals surface area contributed by atoms with Crippen molar-refractivity contribution < 1.29 is 14.3 Å². The second-order valence-corrected chi connectivity index (χ2v) is 8.36. The first-order valence-electron chi connectivity index (χ1n) is 9.66. The summed E-state index contributed by atoms with van der Waals surface area (Å²) in [6.45, 7) is 2.14. The predicted molar refractivity (Wildman–Crippen MR) is 119 cm³/mol. The normalized spacial score (nSPS) is 14.7. The summed E-state index contributed by atoms with van der Waals surface area (Å²) in [7, 11) is 0. The standard InChI is InChI=1S/C22H20ClN3O3S/c23-17-8-6-16(7-9-17)20-24-25-22(29-20)30-19(21(27)28)14-15-4-10-18(11-5-15)26-12-2-1-3-13-26/h4-11,14H,1-3,12-13H2,(H,27,28)/b19-14+. The molecule has 8 heteroatoms. The van der Waals surface area contributed by atoms with Crippen molar-refractivity contribution in [1.82, 2.24) is 10.2 Å². The van der Waals surface area contributed by atoms with Gasteiger partial charge >= 0.3 is 5.97 Å². The largest absolute Gasteiger partial charge is 0.477 e. The second kappa shape index (κ2) is 9.36. The zero-order valence-electron chi connectivity index (χ0n) is 16.1. The third kappa shape index (κ3) is 5.04. The zero-order chi connectivity index (χ0) is 20.9. The molecule has 1 fully saturated rings. The molecule has 1 saturated heterocycles. The van der Waals surface area contributed by atoms with E-state index in [0.717, 1.165) is 30.4 Å². The van der Waals surface area contributed by atoms with Crippen LogP contribution in [0.1, 0.15) is 24.8 Å². The molecule has 1 aliphatic rings. The van der Waals surface area contributed by atoms with Crippen molar-refractivity contribution in [2.24, 2.45) is 0 Å². The highest BCUT2D eigenvalue weighted by Crippen LogP contribution is 2.31. The van der Waals surface area contributed by atoms with Gasteiger partial charge in [0.25, 0.3) is 5.22 Å². The number of nitrogens with zero attached hydrogens (tertiary/aromatic N) is 3. The van der Waals surface area contributed by atoms with E-state index in [-0.39, 0.29) is 10.1 Å². The van der Waals surface area contributed by atoms with Crippen molar-refractivity contribution in [3.63, 3.8) is 0 Å². The molecule has 0 atom stereocenters. The first-order valence-corrected chi connectivity index (χ1v) is 10.9. The van der Waals surface area contributed by atoms with E-state index in [2.05, 4.69) is 15.1 Å². The molecular weight excluding hydrogens is 422 g/mol. The van der Waals surface area contributed by atoms with Gasteiger partial charge in [-0.2, -0.15) is 0 Å². The third-order valence-electron chi connectivity index (χ3n) is 4.82. The minimum absolute atomic E-state index is 0.104. The Morgan fingerprint density at radius 3 is 2.40 bits per heavy atom. The lowest BCUT2D eigenvalue weighted by Gasteiger charge is -2.28. The van der Waals surface area contributed by atoms with Crippen LogP contribution in [0.2, 0.25) is 5.02 Å². The molecule has 0 amide bonds. The van der Waals surface area contributed by atoms with Crippen LogP contribution in [0.25, 0.3) is 17.5 Å². The summed E-state index contributed by atoms with van der Waals surface area (Å²) in [5, 5.41) is 18.3. The molecule has 0 bridgehead atoms. The minimum atomic E-state index is -1.05. The van der Waals surface area contributed by atoms with E-state index in [0.29, 0.717) is 16.5 Å². The van der Waals surface area contributed by atoms with Gasteiger partial charge in [-0.1, -0.05) is 23.7 Å². The summed E-state index contributed by atoms with van der Waals surface area (Å²) in [5.74, 6) is -0.740. The maximum atomic E-state index is 11.7. The highest BCUT2D eigenvalue weighted by Gasteiger charge is 2.16. The average Bonchev–Trinajstić information content (AvgIpc) is 3.23. The Hall–Kier alpha value is -2.77. The highest BCUT2D eigenvalue weighted by molar-refractivity contribution is 8.03. The van der Waals surface area contributed by atoms with Crippen molar-refractivity contribution in [3.8, 4) is 11.5 Å². The van der Waals surface area contributed by atoms with E-state index in [1.807, 2.05) is 24.3 Å². The number of carbonyl (C=O) groups is 1. The van der Waals surface area contributed by atoms with Gasteiger partial charge in [0.1, 0.15) is 4.91 Å². The Labute approximate surface area is 183 Å². The fraction of sp³-hybridized carbons (Fsp3) is 0.227. The number of halogens is 1. The molecule has 0 aliphatic carbocycles. The maximum absolute atomic E-state index is 11.7. The smallest absolute Gasteiger partial charge is 0.342 e. The molecule has 0 unspecified atom stereocenters. The topological polar surface area (TPSA) is 79.5 Å². The molecule has 1 N–H and O–H groups in total. The Balaban J connectivity index is 1.49. The van der Waals surface area contributed by atoms with E-state index in [9.17, 15) is 9.90 Å². The molecule has 154 valence electrons. The first kappa shape index (κ1) is 20.5. The Morgan fingerprint density at radius 2 is 1.73 bits per heavy atom. The number of hydrogen-bond donors (Lipinski definition) is 1.